The number of rotatable bonds is 8. The number of ketones is 1. The van der Waals surface area contributed by atoms with Gasteiger partial charge in [-0.15, -0.1) is 0 Å². The van der Waals surface area contributed by atoms with Crippen LogP contribution in [0.3, 0.4) is 0 Å². The van der Waals surface area contributed by atoms with Gasteiger partial charge in [-0.05, 0) is 57.8 Å². The molecule has 0 saturated carbocycles. The van der Waals surface area contributed by atoms with Gasteiger partial charge in [0.05, 0.1) is 25.3 Å². The number of amides is 1. The van der Waals surface area contributed by atoms with E-state index in [0.29, 0.717) is 42.3 Å². The van der Waals surface area contributed by atoms with Gasteiger partial charge in [-0.1, -0.05) is 18.2 Å². The number of hydrogen-bond acceptors (Lipinski definition) is 6. The van der Waals surface area contributed by atoms with Crippen LogP contribution >= 0.6 is 0 Å². The standard InChI is InChI=1S/C25H30N2O5/c1-6-32-20-10-8-7-9-19(20)22-21(24(29)25(30)27(22)14-13-26(3)4)23(28)18-12-11-17(31-5)15-16(18)2/h7-12,15,22,28H,6,13-14H2,1-5H3/t22-/m0/s1. The van der Waals surface area contributed by atoms with Crippen LogP contribution in [0.2, 0.25) is 0 Å². The van der Waals surface area contributed by atoms with E-state index in [0.717, 1.165) is 5.56 Å². The lowest BCUT2D eigenvalue weighted by atomic mass is 9.93. The van der Waals surface area contributed by atoms with E-state index in [2.05, 4.69) is 0 Å². The van der Waals surface area contributed by atoms with Crippen LogP contribution in [0, 0.1) is 6.92 Å². The zero-order valence-corrected chi connectivity index (χ0v) is 19.2. The van der Waals surface area contributed by atoms with E-state index in [1.807, 2.05) is 57.1 Å². The molecular formula is C25H30N2O5. The molecule has 7 heteroatoms. The number of para-hydroxylation sites is 1. The number of nitrogens with zero attached hydrogens (tertiary/aromatic N) is 2. The van der Waals surface area contributed by atoms with E-state index in [1.165, 1.54) is 4.90 Å². The molecule has 1 aliphatic rings. The van der Waals surface area contributed by atoms with E-state index in [4.69, 9.17) is 9.47 Å². The fourth-order valence-electron chi connectivity index (χ4n) is 3.91. The highest BCUT2D eigenvalue weighted by Crippen LogP contribution is 2.43. The van der Waals surface area contributed by atoms with Gasteiger partial charge in [-0.25, -0.2) is 0 Å². The van der Waals surface area contributed by atoms with E-state index in [9.17, 15) is 14.7 Å². The number of aryl methyl sites for hydroxylation is 1. The molecule has 1 fully saturated rings. The first-order valence-electron chi connectivity index (χ1n) is 10.6. The van der Waals surface area contributed by atoms with Gasteiger partial charge in [0, 0.05) is 24.2 Å². The lowest BCUT2D eigenvalue weighted by Gasteiger charge is -2.28. The highest BCUT2D eigenvalue weighted by molar-refractivity contribution is 6.46. The third kappa shape index (κ3) is 4.48. The van der Waals surface area contributed by atoms with Crippen molar-refractivity contribution in [2.45, 2.75) is 19.9 Å². The van der Waals surface area contributed by atoms with Crippen molar-refractivity contribution in [3.63, 3.8) is 0 Å². The minimum Gasteiger partial charge on any atom is -0.507 e. The Bertz CT molecular complexity index is 1040. The molecule has 1 amide bonds. The molecule has 1 heterocycles. The number of methoxy groups -OCH3 is 1. The molecule has 0 bridgehead atoms. The van der Waals surface area contributed by atoms with Crippen molar-refractivity contribution in [2.75, 3.05) is 40.9 Å². The Labute approximate surface area is 188 Å². The van der Waals surface area contributed by atoms with Crippen molar-refractivity contribution in [1.29, 1.82) is 0 Å². The molecule has 0 spiro atoms. The normalized spacial score (nSPS) is 17.8. The second-order valence-electron chi connectivity index (χ2n) is 7.95. The molecule has 3 rings (SSSR count). The third-order valence-electron chi connectivity index (χ3n) is 5.53. The Hall–Kier alpha value is -3.32. The molecular weight excluding hydrogens is 408 g/mol. The van der Waals surface area contributed by atoms with Crippen LogP contribution in [0.25, 0.3) is 5.76 Å². The molecule has 1 aliphatic heterocycles. The van der Waals surface area contributed by atoms with E-state index in [-0.39, 0.29) is 11.3 Å². The topological polar surface area (TPSA) is 79.3 Å². The van der Waals surface area contributed by atoms with Crippen molar-refractivity contribution in [3.05, 3.63) is 64.7 Å². The smallest absolute Gasteiger partial charge is 0.295 e. The summed E-state index contributed by atoms with van der Waals surface area (Å²) in [6.07, 6.45) is 0. The molecule has 0 unspecified atom stereocenters. The summed E-state index contributed by atoms with van der Waals surface area (Å²) in [5.41, 5.74) is 1.95. The number of carbonyl (C=O) groups is 2. The van der Waals surface area contributed by atoms with E-state index < -0.39 is 17.7 Å². The summed E-state index contributed by atoms with van der Waals surface area (Å²) in [4.78, 5) is 29.7. The van der Waals surface area contributed by atoms with Gasteiger partial charge in [0.2, 0.25) is 0 Å². The number of carbonyl (C=O) groups excluding carboxylic acids is 2. The van der Waals surface area contributed by atoms with Crippen molar-refractivity contribution in [1.82, 2.24) is 9.80 Å². The number of likely N-dealkylation sites (tertiary alicyclic amines) is 1. The van der Waals surface area contributed by atoms with Crippen LogP contribution in [0.4, 0.5) is 0 Å². The molecule has 2 aromatic rings. The highest BCUT2D eigenvalue weighted by Gasteiger charge is 2.47. The Morgan fingerprint density at radius 2 is 1.88 bits per heavy atom. The minimum absolute atomic E-state index is 0.0641. The maximum Gasteiger partial charge on any atom is 0.295 e. The summed E-state index contributed by atoms with van der Waals surface area (Å²) in [6, 6.07) is 11.8. The van der Waals surface area contributed by atoms with Crippen molar-refractivity contribution < 1.29 is 24.2 Å². The summed E-state index contributed by atoms with van der Waals surface area (Å²) < 4.78 is 11.1. The SMILES string of the molecule is CCOc1ccccc1[C@H]1C(=C(O)c2ccc(OC)cc2C)C(=O)C(=O)N1CCN(C)C. The molecule has 1 atom stereocenters. The number of benzene rings is 2. The number of likely N-dealkylation sites (N-methyl/N-ethyl adjacent to an activating group) is 1. The first kappa shape index (κ1) is 23.3. The zero-order chi connectivity index (χ0) is 23.4. The Balaban J connectivity index is 2.21. The second kappa shape index (κ2) is 9.87. The Morgan fingerprint density at radius 3 is 2.50 bits per heavy atom. The van der Waals surface area contributed by atoms with Gasteiger partial charge in [-0.3, -0.25) is 9.59 Å². The molecule has 2 aromatic carbocycles. The molecule has 0 aromatic heterocycles. The Kier molecular flexibility index (Phi) is 7.20. The number of aliphatic hydroxyl groups excluding tert-OH is 1. The first-order valence-corrected chi connectivity index (χ1v) is 10.6. The lowest BCUT2D eigenvalue weighted by molar-refractivity contribution is -0.140. The predicted octanol–water partition coefficient (Wildman–Crippen LogP) is 3.39. The molecule has 32 heavy (non-hydrogen) atoms. The largest absolute Gasteiger partial charge is 0.507 e. The van der Waals surface area contributed by atoms with Gasteiger partial charge in [0.1, 0.15) is 17.3 Å². The van der Waals surface area contributed by atoms with Crippen LogP contribution < -0.4 is 9.47 Å². The molecule has 170 valence electrons. The fraction of sp³-hybridized carbons (Fsp3) is 0.360. The van der Waals surface area contributed by atoms with Gasteiger partial charge in [0.15, 0.2) is 0 Å². The van der Waals surface area contributed by atoms with E-state index in [1.54, 1.807) is 25.3 Å². The lowest BCUT2D eigenvalue weighted by Crippen LogP contribution is -2.35. The average molecular weight is 439 g/mol. The first-order chi connectivity index (χ1) is 15.3. The molecule has 0 radical (unpaired) electrons. The summed E-state index contributed by atoms with van der Waals surface area (Å²) in [6.45, 7) is 5.04. The molecule has 7 nitrogen and oxygen atoms in total. The van der Waals surface area contributed by atoms with Crippen molar-refractivity contribution in [3.8, 4) is 11.5 Å². The van der Waals surface area contributed by atoms with Gasteiger partial charge >= 0.3 is 0 Å². The fourth-order valence-corrected chi connectivity index (χ4v) is 3.91. The van der Waals surface area contributed by atoms with Gasteiger partial charge < -0.3 is 24.4 Å². The van der Waals surface area contributed by atoms with Crippen molar-refractivity contribution in [2.24, 2.45) is 0 Å². The number of ether oxygens (including phenoxy) is 2. The van der Waals surface area contributed by atoms with Crippen LogP contribution in [0.5, 0.6) is 11.5 Å². The van der Waals surface area contributed by atoms with E-state index >= 15 is 0 Å². The minimum atomic E-state index is -0.751. The molecule has 1 saturated heterocycles. The number of Topliss-reactive ketones (excluding diaryl/α,β-unsaturated/α-hetero) is 1. The maximum absolute atomic E-state index is 13.2. The van der Waals surface area contributed by atoms with Crippen LogP contribution in [0.1, 0.15) is 29.7 Å². The quantitative estimate of drug-likeness (QED) is 0.387. The predicted molar refractivity (Wildman–Crippen MR) is 123 cm³/mol. The summed E-state index contributed by atoms with van der Waals surface area (Å²) in [7, 11) is 5.37. The number of aliphatic hydroxyl groups is 1. The average Bonchev–Trinajstić information content (AvgIpc) is 3.02. The van der Waals surface area contributed by atoms with Gasteiger partial charge in [-0.2, -0.15) is 0 Å². The second-order valence-corrected chi connectivity index (χ2v) is 7.95. The summed E-state index contributed by atoms with van der Waals surface area (Å²) in [5.74, 6) is -0.311. The van der Waals surface area contributed by atoms with Crippen LogP contribution in [-0.4, -0.2) is 67.5 Å². The highest BCUT2D eigenvalue weighted by atomic mass is 16.5. The monoisotopic (exact) mass is 438 g/mol. The van der Waals surface area contributed by atoms with Crippen LogP contribution in [-0.2, 0) is 9.59 Å². The van der Waals surface area contributed by atoms with Gasteiger partial charge in [0.25, 0.3) is 11.7 Å². The maximum atomic E-state index is 13.2. The van der Waals surface area contributed by atoms with Crippen molar-refractivity contribution >= 4 is 17.4 Å². The molecule has 0 aliphatic carbocycles. The zero-order valence-electron chi connectivity index (χ0n) is 19.2. The number of hydrogen-bond donors (Lipinski definition) is 1. The summed E-state index contributed by atoms with van der Waals surface area (Å²) >= 11 is 0. The Morgan fingerprint density at radius 1 is 1.16 bits per heavy atom. The summed E-state index contributed by atoms with van der Waals surface area (Å²) in [5, 5.41) is 11.3. The van der Waals surface area contributed by atoms with Crippen LogP contribution in [0.15, 0.2) is 48.0 Å². The molecule has 1 N–H and O–H groups in total. The third-order valence-corrected chi connectivity index (χ3v) is 5.53.